The third-order valence-electron chi connectivity index (χ3n) is 2.53. The standard InChI is InChI=1S/C10H12BrClN2OS/c11-9-5-8(6-12)10(13-7-9)14-1-3-16(15)4-2-14/h5,7H,1-4,6H2. The van der Waals surface area contributed by atoms with Gasteiger partial charge in [0.15, 0.2) is 0 Å². The molecule has 0 amide bonds. The zero-order valence-corrected chi connectivity index (χ0v) is 11.8. The van der Waals surface area contributed by atoms with Gasteiger partial charge in [-0.1, -0.05) is 0 Å². The van der Waals surface area contributed by atoms with Gasteiger partial charge in [-0.2, -0.15) is 0 Å². The number of alkyl halides is 1. The molecule has 0 aliphatic carbocycles. The van der Waals surface area contributed by atoms with Crippen LogP contribution < -0.4 is 4.90 Å². The molecule has 0 N–H and O–H groups in total. The molecule has 0 bridgehead atoms. The molecule has 1 saturated heterocycles. The van der Waals surface area contributed by atoms with Crippen molar-refractivity contribution < 1.29 is 4.21 Å². The van der Waals surface area contributed by atoms with Crippen molar-refractivity contribution in [3.8, 4) is 0 Å². The van der Waals surface area contributed by atoms with Crippen LogP contribution in [0.3, 0.4) is 0 Å². The van der Waals surface area contributed by atoms with Crippen LogP contribution >= 0.6 is 27.5 Å². The summed E-state index contributed by atoms with van der Waals surface area (Å²) in [6.45, 7) is 1.59. The fraction of sp³-hybridized carbons (Fsp3) is 0.500. The van der Waals surface area contributed by atoms with Crippen LogP contribution in [0.25, 0.3) is 0 Å². The van der Waals surface area contributed by atoms with E-state index >= 15 is 0 Å². The van der Waals surface area contributed by atoms with E-state index in [1.807, 2.05) is 6.07 Å². The molecule has 0 spiro atoms. The maximum absolute atomic E-state index is 11.3. The number of nitrogens with zero attached hydrogens (tertiary/aromatic N) is 2. The third kappa shape index (κ3) is 2.76. The van der Waals surface area contributed by atoms with E-state index in [9.17, 15) is 4.21 Å². The predicted octanol–water partition coefficient (Wildman–Crippen LogP) is 2.15. The van der Waals surface area contributed by atoms with Gasteiger partial charge in [-0.15, -0.1) is 11.6 Å². The Balaban J connectivity index is 2.22. The van der Waals surface area contributed by atoms with Gasteiger partial charge < -0.3 is 4.90 Å². The molecule has 1 aliphatic heterocycles. The minimum Gasteiger partial charge on any atom is -0.355 e. The Morgan fingerprint density at radius 3 is 2.81 bits per heavy atom. The third-order valence-corrected chi connectivity index (χ3v) is 4.53. The van der Waals surface area contributed by atoms with Crippen LogP contribution in [-0.2, 0) is 16.7 Å². The van der Waals surface area contributed by atoms with Gasteiger partial charge in [0.1, 0.15) is 5.82 Å². The Labute approximate surface area is 111 Å². The smallest absolute Gasteiger partial charge is 0.133 e. The Morgan fingerprint density at radius 1 is 1.50 bits per heavy atom. The fourth-order valence-electron chi connectivity index (χ4n) is 1.71. The van der Waals surface area contributed by atoms with E-state index in [0.29, 0.717) is 5.88 Å². The first-order valence-corrected chi connectivity index (χ1v) is 7.82. The minimum atomic E-state index is -0.659. The molecule has 6 heteroatoms. The highest BCUT2D eigenvalue weighted by Crippen LogP contribution is 2.24. The largest absolute Gasteiger partial charge is 0.355 e. The molecule has 0 aromatic carbocycles. The summed E-state index contributed by atoms with van der Waals surface area (Å²) in [5.74, 6) is 2.82. The van der Waals surface area contributed by atoms with Gasteiger partial charge in [0.2, 0.25) is 0 Å². The summed E-state index contributed by atoms with van der Waals surface area (Å²) >= 11 is 9.29. The lowest BCUT2D eigenvalue weighted by Crippen LogP contribution is -2.38. The second-order valence-corrected chi connectivity index (χ2v) is 6.48. The zero-order valence-electron chi connectivity index (χ0n) is 8.66. The van der Waals surface area contributed by atoms with Crippen molar-refractivity contribution in [1.82, 2.24) is 4.98 Å². The van der Waals surface area contributed by atoms with Gasteiger partial charge in [0.05, 0.1) is 5.88 Å². The van der Waals surface area contributed by atoms with Crippen LogP contribution in [0.4, 0.5) is 5.82 Å². The van der Waals surface area contributed by atoms with E-state index in [1.54, 1.807) is 6.20 Å². The second-order valence-electron chi connectivity index (χ2n) is 3.61. The molecule has 1 fully saturated rings. The number of halogens is 2. The minimum absolute atomic E-state index is 0.446. The maximum atomic E-state index is 11.3. The van der Waals surface area contributed by atoms with Crippen molar-refractivity contribution in [2.75, 3.05) is 29.5 Å². The Kier molecular flexibility index (Phi) is 4.21. The summed E-state index contributed by atoms with van der Waals surface area (Å²) in [7, 11) is -0.659. The van der Waals surface area contributed by atoms with Crippen LogP contribution in [0.15, 0.2) is 16.7 Å². The summed E-state index contributed by atoms with van der Waals surface area (Å²) in [4.78, 5) is 6.55. The van der Waals surface area contributed by atoms with E-state index in [-0.39, 0.29) is 0 Å². The van der Waals surface area contributed by atoms with Gasteiger partial charge in [0.25, 0.3) is 0 Å². The molecule has 3 nitrogen and oxygen atoms in total. The Bertz CT molecular complexity index is 406. The molecule has 1 aliphatic rings. The van der Waals surface area contributed by atoms with Crippen LogP contribution in [0.2, 0.25) is 0 Å². The normalized spacial score (nSPS) is 17.8. The van der Waals surface area contributed by atoms with Crippen molar-refractivity contribution >= 4 is 44.1 Å². The average molecular weight is 324 g/mol. The van der Waals surface area contributed by atoms with E-state index in [2.05, 4.69) is 25.8 Å². The quantitative estimate of drug-likeness (QED) is 0.782. The number of anilines is 1. The highest BCUT2D eigenvalue weighted by atomic mass is 79.9. The van der Waals surface area contributed by atoms with E-state index in [0.717, 1.165) is 40.4 Å². The lowest BCUT2D eigenvalue weighted by atomic mass is 10.2. The molecule has 16 heavy (non-hydrogen) atoms. The van der Waals surface area contributed by atoms with E-state index < -0.39 is 10.8 Å². The molecule has 1 aromatic rings. The van der Waals surface area contributed by atoms with Gasteiger partial charge in [-0.05, 0) is 22.0 Å². The van der Waals surface area contributed by atoms with Crippen LogP contribution in [-0.4, -0.2) is 33.8 Å². The SMILES string of the molecule is O=S1CCN(c2ncc(Br)cc2CCl)CC1. The summed E-state index contributed by atoms with van der Waals surface area (Å²) in [6, 6.07) is 1.99. The summed E-state index contributed by atoms with van der Waals surface area (Å²) in [5, 5.41) is 0. The van der Waals surface area contributed by atoms with Crippen molar-refractivity contribution in [3.05, 3.63) is 22.3 Å². The molecule has 2 rings (SSSR count). The highest BCUT2D eigenvalue weighted by molar-refractivity contribution is 9.10. The second kappa shape index (κ2) is 5.47. The fourth-order valence-corrected chi connectivity index (χ4v) is 3.33. The van der Waals surface area contributed by atoms with Crippen molar-refractivity contribution in [2.45, 2.75) is 5.88 Å². The number of rotatable bonds is 2. The van der Waals surface area contributed by atoms with Gasteiger partial charge >= 0.3 is 0 Å². The molecule has 1 aromatic heterocycles. The number of pyridine rings is 1. The first kappa shape index (κ1) is 12.3. The molecular weight excluding hydrogens is 312 g/mol. The monoisotopic (exact) mass is 322 g/mol. The molecule has 0 unspecified atom stereocenters. The Hall–Kier alpha value is -0.130. The summed E-state index contributed by atoms with van der Waals surface area (Å²) < 4.78 is 12.2. The van der Waals surface area contributed by atoms with Gasteiger partial charge in [0, 0.05) is 51.6 Å². The highest BCUT2D eigenvalue weighted by Gasteiger charge is 2.18. The van der Waals surface area contributed by atoms with Gasteiger partial charge in [-0.25, -0.2) is 4.98 Å². The summed E-state index contributed by atoms with van der Waals surface area (Å²) in [5.41, 5.74) is 1.02. The molecule has 0 atom stereocenters. The van der Waals surface area contributed by atoms with Crippen LogP contribution in [0, 0.1) is 0 Å². The predicted molar refractivity (Wildman–Crippen MR) is 71.6 cm³/mol. The van der Waals surface area contributed by atoms with Crippen molar-refractivity contribution in [2.24, 2.45) is 0 Å². The first-order chi connectivity index (χ1) is 7.70. The number of hydrogen-bond acceptors (Lipinski definition) is 3. The van der Waals surface area contributed by atoms with Crippen LogP contribution in [0.5, 0.6) is 0 Å². The first-order valence-electron chi connectivity index (χ1n) is 5.01. The lowest BCUT2D eigenvalue weighted by molar-refractivity contribution is 0.672. The molecular formula is C10H12BrClN2OS. The molecule has 0 radical (unpaired) electrons. The maximum Gasteiger partial charge on any atom is 0.133 e. The zero-order chi connectivity index (χ0) is 11.5. The van der Waals surface area contributed by atoms with Crippen molar-refractivity contribution in [3.63, 3.8) is 0 Å². The van der Waals surface area contributed by atoms with Gasteiger partial charge in [-0.3, -0.25) is 4.21 Å². The lowest BCUT2D eigenvalue weighted by Gasteiger charge is -2.28. The van der Waals surface area contributed by atoms with Crippen LogP contribution in [0.1, 0.15) is 5.56 Å². The topological polar surface area (TPSA) is 33.2 Å². The van der Waals surface area contributed by atoms with E-state index in [1.165, 1.54) is 0 Å². The Morgan fingerprint density at radius 2 is 2.19 bits per heavy atom. The van der Waals surface area contributed by atoms with E-state index in [4.69, 9.17) is 11.6 Å². The van der Waals surface area contributed by atoms with Crippen molar-refractivity contribution in [1.29, 1.82) is 0 Å². The number of hydrogen-bond donors (Lipinski definition) is 0. The molecule has 0 saturated carbocycles. The number of aromatic nitrogens is 1. The molecule has 88 valence electrons. The molecule has 2 heterocycles. The average Bonchev–Trinajstić information content (AvgIpc) is 2.30. The summed E-state index contributed by atoms with van der Waals surface area (Å²) in [6.07, 6.45) is 1.77.